The summed E-state index contributed by atoms with van der Waals surface area (Å²) in [6.07, 6.45) is -0.166. The van der Waals surface area contributed by atoms with E-state index in [9.17, 15) is 4.39 Å². The number of hydrogen-bond donors (Lipinski definition) is 2. The van der Waals surface area contributed by atoms with Crippen LogP contribution >= 0.6 is 0 Å². The SMILES string of the molecule is NC[C@@H](O)Cc1cccc(F)c1. The lowest BCUT2D eigenvalue weighted by Crippen LogP contribution is -2.21. The number of halogens is 1. The predicted octanol–water partition coefficient (Wildman–Crippen LogP) is 0.688. The van der Waals surface area contributed by atoms with Crippen molar-refractivity contribution in [3.63, 3.8) is 0 Å². The summed E-state index contributed by atoms with van der Waals surface area (Å²) in [4.78, 5) is 0. The maximum Gasteiger partial charge on any atom is 0.123 e. The van der Waals surface area contributed by atoms with E-state index in [1.54, 1.807) is 12.1 Å². The minimum absolute atomic E-state index is 0.205. The van der Waals surface area contributed by atoms with Crippen molar-refractivity contribution in [3.8, 4) is 0 Å². The Labute approximate surface area is 70.8 Å². The summed E-state index contributed by atoms with van der Waals surface area (Å²) in [7, 11) is 0. The molecule has 1 atom stereocenters. The molecule has 2 nitrogen and oxygen atoms in total. The minimum Gasteiger partial charge on any atom is -0.391 e. The Morgan fingerprint density at radius 1 is 1.50 bits per heavy atom. The monoisotopic (exact) mass is 169 g/mol. The molecule has 0 radical (unpaired) electrons. The number of hydrogen-bond acceptors (Lipinski definition) is 2. The molecule has 0 amide bonds. The standard InChI is InChI=1S/C9H12FNO/c10-8-3-1-2-7(4-8)5-9(12)6-11/h1-4,9,12H,5-6,11H2/t9-/m0/s1. The van der Waals surface area contributed by atoms with Gasteiger partial charge in [0.25, 0.3) is 0 Å². The van der Waals surface area contributed by atoms with Crippen LogP contribution in [-0.4, -0.2) is 17.8 Å². The maximum atomic E-state index is 12.6. The highest BCUT2D eigenvalue weighted by atomic mass is 19.1. The summed E-state index contributed by atoms with van der Waals surface area (Å²) < 4.78 is 12.6. The Balaban J connectivity index is 2.63. The smallest absolute Gasteiger partial charge is 0.123 e. The molecule has 0 saturated carbocycles. The van der Waals surface area contributed by atoms with Crippen LogP contribution in [0.3, 0.4) is 0 Å². The Morgan fingerprint density at radius 3 is 2.83 bits per heavy atom. The van der Waals surface area contributed by atoms with Gasteiger partial charge in [0.15, 0.2) is 0 Å². The van der Waals surface area contributed by atoms with E-state index < -0.39 is 6.10 Å². The fourth-order valence-corrected chi connectivity index (χ4v) is 1.02. The van der Waals surface area contributed by atoms with Gasteiger partial charge in [-0.25, -0.2) is 4.39 Å². The van der Waals surface area contributed by atoms with E-state index in [1.807, 2.05) is 0 Å². The summed E-state index contributed by atoms with van der Waals surface area (Å²) in [6.45, 7) is 0.205. The molecule has 0 aliphatic carbocycles. The lowest BCUT2D eigenvalue weighted by atomic mass is 10.1. The third-order valence-corrected chi connectivity index (χ3v) is 1.63. The van der Waals surface area contributed by atoms with Crippen LogP contribution < -0.4 is 5.73 Å². The quantitative estimate of drug-likeness (QED) is 0.699. The van der Waals surface area contributed by atoms with Gasteiger partial charge in [0.05, 0.1) is 6.10 Å². The van der Waals surface area contributed by atoms with Crippen molar-refractivity contribution >= 4 is 0 Å². The van der Waals surface area contributed by atoms with Gasteiger partial charge in [-0.3, -0.25) is 0 Å². The lowest BCUT2D eigenvalue weighted by molar-refractivity contribution is 0.183. The summed E-state index contributed by atoms with van der Waals surface area (Å²) in [5.41, 5.74) is 5.99. The molecule has 66 valence electrons. The Kier molecular flexibility index (Phi) is 3.19. The van der Waals surface area contributed by atoms with Crippen molar-refractivity contribution in [3.05, 3.63) is 35.6 Å². The van der Waals surface area contributed by atoms with Gasteiger partial charge in [0.2, 0.25) is 0 Å². The van der Waals surface area contributed by atoms with Crippen molar-refractivity contribution in [2.75, 3.05) is 6.54 Å². The van der Waals surface area contributed by atoms with Crippen molar-refractivity contribution in [2.45, 2.75) is 12.5 Å². The zero-order chi connectivity index (χ0) is 8.97. The van der Waals surface area contributed by atoms with Crippen LogP contribution in [0.5, 0.6) is 0 Å². The highest BCUT2D eigenvalue weighted by Gasteiger charge is 2.02. The molecule has 0 aliphatic rings. The molecule has 0 saturated heterocycles. The lowest BCUT2D eigenvalue weighted by Gasteiger charge is -2.06. The zero-order valence-corrected chi connectivity index (χ0v) is 6.70. The fourth-order valence-electron chi connectivity index (χ4n) is 1.02. The van der Waals surface area contributed by atoms with Gasteiger partial charge in [0, 0.05) is 6.54 Å². The molecule has 0 bridgehead atoms. The van der Waals surface area contributed by atoms with Crippen molar-refractivity contribution in [1.29, 1.82) is 0 Å². The molecule has 0 aromatic heterocycles. The van der Waals surface area contributed by atoms with Gasteiger partial charge in [-0.2, -0.15) is 0 Å². The van der Waals surface area contributed by atoms with Gasteiger partial charge >= 0.3 is 0 Å². The topological polar surface area (TPSA) is 46.2 Å². The highest BCUT2D eigenvalue weighted by molar-refractivity contribution is 5.17. The highest BCUT2D eigenvalue weighted by Crippen LogP contribution is 2.05. The number of aliphatic hydroxyl groups excluding tert-OH is 1. The number of nitrogens with two attached hydrogens (primary N) is 1. The summed E-state index contributed by atoms with van der Waals surface area (Å²) in [6, 6.07) is 6.16. The molecule has 0 spiro atoms. The van der Waals surface area contributed by atoms with Gasteiger partial charge in [-0.1, -0.05) is 12.1 Å². The molecule has 3 N–H and O–H groups in total. The molecular weight excluding hydrogens is 157 g/mol. The molecule has 12 heavy (non-hydrogen) atoms. The van der Waals surface area contributed by atoms with E-state index in [0.717, 1.165) is 5.56 Å². The summed E-state index contributed by atoms with van der Waals surface area (Å²) in [5, 5.41) is 9.15. The molecular formula is C9H12FNO. The second-order valence-corrected chi connectivity index (χ2v) is 2.72. The Bertz CT molecular complexity index is 252. The summed E-state index contributed by atoms with van der Waals surface area (Å²) in [5.74, 6) is -0.281. The van der Waals surface area contributed by atoms with E-state index in [4.69, 9.17) is 10.8 Å². The zero-order valence-electron chi connectivity index (χ0n) is 6.70. The fraction of sp³-hybridized carbons (Fsp3) is 0.333. The van der Waals surface area contributed by atoms with Gasteiger partial charge in [-0.15, -0.1) is 0 Å². The van der Waals surface area contributed by atoms with Crippen LogP contribution in [0.25, 0.3) is 0 Å². The second kappa shape index (κ2) is 4.18. The second-order valence-electron chi connectivity index (χ2n) is 2.72. The maximum absolute atomic E-state index is 12.6. The molecule has 0 aliphatic heterocycles. The van der Waals surface area contributed by atoms with Crippen molar-refractivity contribution in [1.82, 2.24) is 0 Å². The molecule has 1 aromatic carbocycles. The van der Waals surface area contributed by atoms with E-state index >= 15 is 0 Å². The van der Waals surface area contributed by atoms with Crippen LogP contribution in [0, 0.1) is 5.82 Å². The van der Waals surface area contributed by atoms with E-state index in [0.29, 0.717) is 6.42 Å². The molecule has 1 aromatic rings. The first-order valence-corrected chi connectivity index (χ1v) is 3.85. The van der Waals surface area contributed by atoms with Crippen LogP contribution in [0.2, 0.25) is 0 Å². The first-order valence-electron chi connectivity index (χ1n) is 3.85. The van der Waals surface area contributed by atoms with Crippen molar-refractivity contribution in [2.24, 2.45) is 5.73 Å². The van der Waals surface area contributed by atoms with Gasteiger partial charge in [0.1, 0.15) is 5.82 Å². The number of benzene rings is 1. The molecule has 0 unspecified atom stereocenters. The largest absolute Gasteiger partial charge is 0.391 e. The van der Waals surface area contributed by atoms with Crippen LogP contribution in [-0.2, 0) is 6.42 Å². The number of rotatable bonds is 3. The Morgan fingerprint density at radius 2 is 2.25 bits per heavy atom. The van der Waals surface area contributed by atoms with E-state index in [-0.39, 0.29) is 12.4 Å². The molecule has 0 heterocycles. The average Bonchev–Trinajstić information content (AvgIpc) is 2.04. The van der Waals surface area contributed by atoms with Crippen molar-refractivity contribution < 1.29 is 9.50 Å². The third kappa shape index (κ3) is 2.60. The van der Waals surface area contributed by atoms with Gasteiger partial charge in [-0.05, 0) is 24.1 Å². The molecule has 3 heteroatoms. The van der Waals surface area contributed by atoms with E-state index in [2.05, 4.69) is 0 Å². The van der Waals surface area contributed by atoms with Crippen LogP contribution in [0.4, 0.5) is 4.39 Å². The number of aliphatic hydroxyl groups is 1. The van der Waals surface area contributed by atoms with Crippen LogP contribution in [0.1, 0.15) is 5.56 Å². The average molecular weight is 169 g/mol. The van der Waals surface area contributed by atoms with Gasteiger partial charge < -0.3 is 10.8 Å². The van der Waals surface area contributed by atoms with Crippen LogP contribution in [0.15, 0.2) is 24.3 Å². The predicted molar refractivity (Wildman–Crippen MR) is 45.2 cm³/mol. The molecule has 0 fully saturated rings. The summed E-state index contributed by atoms with van der Waals surface area (Å²) >= 11 is 0. The Hall–Kier alpha value is -0.930. The third-order valence-electron chi connectivity index (χ3n) is 1.63. The first kappa shape index (κ1) is 9.16. The first-order chi connectivity index (χ1) is 5.72. The normalized spacial score (nSPS) is 12.9. The van der Waals surface area contributed by atoms with E-state index in [1.165, 1.54) is 12.1 Å². The minimum atomic E-state index is -0.577. The molecule has 1 rings (SSSR count).